The lowest BCUT2D eigenvalue weighted by atomic mass is 10.3. The average Bonchev–Trinajstić information content (AvgIpc) is 2.81. The fourth-order valence-corrected chi connectivity index (χ4v) is 0.767. The molecule has 0 atom stereocenters. The number of methoxy groups -OCH3 is 1. The number of carbonyl (C=O) groups is 1. The molecule has 0 aliphatic heterocycles. The molecule has 0 aromatic heterocycles. The Hall–Kier alpha value is -1.08. The molecular weight excluding hydrogens is 144 g/mol. The van der Waals surface area contributed by atoms with E-state index in [4.69, 9.17) is 5.26 Å². The normalized spacial score (nSPS) is 18.5. The molecule has 0 aromatic carbocycles. The Morgan fingerprint density at radius 3 is 2.82 bits per heavy atom. The predicted octanol–water partition coefficient (Wildman–Crippen LogP) is -0.195. The molecule has 0 bridgehead atoms. The van der Waals surface area contributed by atoms with Gasteiger partial charge in [0.25, 0.3) is 0 Å². The van der Waals surface area contributed by atoms with Gasteiger partial charge in [-0.05, 0) is 12.8 Å². The van der Waals surface area contributed by atoms with Crippen LogP contribution in [0.15, 0.2) is 0 Å². The smallest absolute Gasteiger partial charge is 0.319 e. The van der Waals surface area contributed by atoms with Gasteiger partial charge in [0.15, 0.2) is 0 Å². The Bertz CT molecular complexity index is 203. The van der Waals surface area contributed by atoms with Crippen LogP contribution >= 0.6 is 0 Å². The summed E-state index contributed by atoms with van der Waals surface area (Å²) in [5.41, 5.74) is -0.422. The molecule has 0 amide bonds. The van der Waals surface area contributed by atoms with E-state index in [0.29, 0.717) is 0 Å². The number of ether oxygens (including phenoxy) is 1. The van der Waals surface area contributed by atoms with Crippen molar-refractivity contribution in [1.29, 1.82) is 5.26 Å². The fourth-order valence-electron chi connectivity index (χ4n) is 0.767. The number of nitrogens with one attached hydrogen (secondary N) is 1. The number of hydrogen-bond donors (Lipinski definition) is 1. The van der Waals surface area contributed by atoms with Crippen LogP contribution in [0.25, 0.3) is 0 Å². The number of rotatable bonds is 3. The standard InChI is InChI=1S/C7H10N2O2/c1-11-6(10)4-9-7(5-8)2-3-7/h9H,2-4H2,1H3. The molecule has 60 valence electrons. The molecule has 1 N–H and O–H groups in total. The average molecular weight is 154 g/mol. The summed E-state index contributed by atoms with van der Waals surface area (Å²) in [6.45, 7) is 0.129. The van der Waals surface area contributed by atoms with Gasteiger partial charge in [-0.2, -0.15) is 5.26 Å². The summed E-state index contributed by atoms with van der Waals surface area (Å²) in [7, 11) is 1.33. The predicted molar refractivity (Wildman–Crippen MR) is 37.6 cm³/mol. The maximum atomic E-state index is 10.6. The van der Waals surface area contributed by atoms with Gasteiger partial charge in [0.2, 0.25) is 0 Å². The summed E-state index contributed by atoms with van der Waals surface area (Å²) in [6.07, 6.45) is 1.67. The van der Waals surface area contributed by atoms with Crippen molar-refractivity contribution in [2.45, 2.75) is 18.4 Å². The topological polar surface area (TPSA) is 62.1 Å². The highest BCUT2D eigenvalue weighted by molar-refractivity contribution is 5.71. The van der Waals surface area contributed by atoms with Crippen LogP contribution in [0.1, 0.15) is 12.8 Å². The monoisotopic (exact) mass is 154 g/mol. The Kier molecular flexibility index (Phi) is 2.11. The molecule has 0 saturated heterocycles. The lowest BCUT2D eigenvalue weighted by molar-refractivity contribution is -0.139. The van der Waals surface area contributed by atoms with E-state index in [9.17, 15) is 4.79 Å². The van der Waals surface area contributed by atoms with E-state index in [2.05, 4.69) is 16.1 Å². The van der Waals surface area contributed by atoms with Gasteiger partial charge in [-0.15, -0.1) is 0 Å². The van der Waals surface area contributed by atoms with Crippen molar-refractivity contribution in [2.75, 3.05) is 13.7 Å². The van der Waals surface area contributed by atoms with Crippen molar-refractivity contribution >= 4 is 5.97 Å². The van der Waals surface area contributed by atoms with Crippen molar-refractivity contribution in [1.82, 2.24) is 5.32 Å². The number of nitrogens with zero attached hydrogens (tertiary/aromatic N) is 1. The Morgan fingerprint density at radius 1 is 1.82 bits per heavy atom. The highest BCUT2D eigenvalue weighted by Gasteiger charge is 2.42. The number of hydrogen-bond acceptors (Lipinski definition) is 4. The molecule has 1 rings (SSSR count). The molecule has 1 aliphatic carbocycles. The summed E-state index contributed by atoms with van der Waals surface area (Å²) < 4.78 is 4.41. The summed E-state index contributed by atoms with van der Waals surface area (Å²) in [5.74, 6) is -0.327. The summed E-state index contributed by atoms with van der Waals surface area (Å²) in [5, 5.41) is 11.4. The lowest BCUT2D eigenvalue weighted by Crippen LogP contribution is -2.34. The second-order valence-electron chi connectivity index (χ2n) is 2.62. The van der Waals surface area contributed by atoms with Crippen LogP contribution in [0.2, 0.25) is 0 Å². The molecule has 1 aliphatic rings. The minimum absolute atomic E-state index is 0.129. The van der Waals surface area contributed by atoms with E-state index in [1.807, 2.05) is 0 Å². The maximum absolute atomic E-state index is 10.6. The van der Waals surface area contributed by atoms with Crippen LogP contribution in [-0.4, -0.2) is 25.2 Å². The van der Waals surface area contributed by atoms with Gasteiger partial charge in [0.05, 0.1) is 19.7 Å². The molecule has 1 saturated carbocycles. The van der Waals surface area contributed by atoms with E-state index in [-0.39, 0.29) is 12.5 Å². The molecule has 11 heavy (non-hydrogen) atoms. The molecule has 4 nitrogen and oxygen atoms in total. The summed E-state index contributed by atoms with van der Waals surface area (Å²) in [6, 6.07) is 2.11. The molecule has 0 heterocycles. The van der Waals surface area contributed by atoms with Gasteiger partial charge in [-0.25, -0.2) is 0 Å². The van der Waals surface area contributed by atoms with Gasteiger partial charge in [-0.1, -0.05) is 0 Å². The second-order valence-corrected chi connectivity index (χ2v) is 2.62. The molecule has 0 unspecified atom stereocenters. The third-order valence-corrected chi connectivity index (χ3v) is 1.76. The molecule has 0 aromatic rings. The Labute approximate surface area is 65.1 Å². The Morgan fingerprint density at radius 2 is 2.45 bits per heavy atom. The zero-order valence-electron chi connectivity index (χ0n) is 6.39. The first kappa shape index (κ1) is 8.02. The first-order valence-electron chi connectivity index (χ1n) is 3.45. The SMILES string of the molecule is COC(=O)CNC1(C#N)CC1. The fraction of sp³-hybridized carbons (Fsp3) is 0.714. The van der Waals surface area contributed by atoms with Crippen molar-refractivity contribution < 1.29 is 9.53 Å². The zero-order chi connectivity index (χ0) is 8.32. The summed E-state index contributed by atoms with van der Waals surface area (Å²) >= 11 is 0. The van der Waals surface area contributed by atoms with Crippen LogP contribution < -0.4 is 5.32 Å². The van der Waals surface area contributed by atoms with Crippen molar-refractivity contribution in [3.63, 3.8) is 0 Å². The molecular formula is C7H10N2O2. The van der Waals surface area contributed by atoms with Crippen molar-refractivity contribution in [3.05, 3.63) is 0 Å². The first-order valence-corrected chi connectivity index (χ1v) is 3.45. The van der Waals surface area contributed by atoms with Crippen LogP contribution in [0.4, 0.5) is 0 Å². The van der Waals surface area contributed by atoms with Crippen LogP contribution in [0, 0.1) is 11.3 Å². The van der Waals surface area contributed by atoms with Gasteiger partial charge in [-0.3, -0.25) is 10.1 Å². The van der Waals surface area contributed by atoms with E-state index in [0.717, 1.165) is 12.8 Å². The lowest BCUT2D eigenvalue weighted by Gasteiger charge is -2.05. The third-order valence-electron chi connectivity index (χ3n) is 1.76. The van der Waals surface area contributed by atoms with Crippen LogP contribution in [-0.2, 0) is 9.53 Å². The van der Waals surface area contributed by atoms with E-state index < -0.39 is 5.54 Å². The number of carbonyl (C=O) groups excluding carboxylic acids is 1. The number of esters is 1. The maximum Gasteiger partial charge on any atom is 0.319 e. The second kappa shape index (κ2) is 2.89. The largest absolute Gasteiger partial charge is 0.468 e. The van der Waals surface area contributed by atoms with E-state index >= 15 is 0 Å². The van der Waals surface area contributed by atoms with Crippen molar-refractivity contribution in [3.8, 4) is 6.07 Å². The van der Waals surface area contributed by atoms with Crippen LogP contribution in [0.3, 0.4) is 0 Å². The summed E-state index contributed by atoms with van der Waals surface area (Å²) in [4.78, 5) is 10.6. The number of nitriles is 1. The highest BCUT2D eigenvalue weighted by Crippen LogP contribution is 2.33. The quantitative estimate of drug-likeness (QED) is 0.572. The van der Waals surface area contributed by atoms with Gasteiger partial charge >= 0.3 is 5.97 Å². The molecule has 0 spiro atoms. The Balaban J connectivity index is 2.23. The highest BCUT2D eigenvalue weighted by atomic mass is 16.5. The molecule has 0 radical (unpaired) electrons. The van der Waals surface area contributed by atoms with E-state index in [1.54, 1.807) is 0 Å². The minimum Gasteiger partial charge on any atom is -0.468 e. The van der Waals surface area contributed by atoms with E-state index in [1.165, 1.54) is 7.11 Å². The molecule has 4 heteroatoms. The molecule has 1 fully saturated rings. The van der Waals surface area contributed by atoms with Gasteiger partial charge < -0.3 is 4.74 Å². The van der Waals surface area contributed by atoms with Gasteiger partial charge in [0.1, 0.15) is 5.54 Å². The zero-order valence-corrected chi connectivity index (χ0v) is 6.39. The van der Waals surface area contributed by atoms with Crippen molar-refractivity contribution in [2.24, 2.45) is 0 Å². The minimum atomic E-state index is -0.422. The first-order chi connectivity index (χ1) is 5.22. The van der Waals surface area contributed by atoms with Crippen LogP contribution in [0.5, 0.6) is 0 Å². The van der Waals surface area contributed by atoms with Gasteiger partial charge in [0, 0.05) is 0 Å². The third kappa shape index (κ3) is 1.92.